The van der Waals surface area contributed by atoms with Gasteiger partial charge in [0.2, 0.25) is 0 Å². The summed E-state index contributed by atoms with van der Waals surface area (Å²) in [6.45, 7) is -3.68. The molecule has 2 N–H and O–H groups in total. The van der Waals surface area contributed by atoms with Crippen molar-refractivity contribution in [2.75, 3.05) is 0 Å². The highest BCUT2D eigenvalue weighted by Crippen LogP contribution is 2.46. The van der Waals surface area contributed by atoms with Gasteiger partial charge in [0.15, 0.2) is 0 Å². The van der Waals surface area contributed by atoms with E-state index in [1.165, 1.54) is 0 Å². The van der Waals surface area contributed by atoms with Crippen LogP contribution in [-0.4, -0.2) is 9.79 Å². The Hall–Kier alpha value is 0.300. The number of halogens is 2. The first-order valence-electron chi connectivity index (χ1n) is 3.19. The normalized spacial score (nSPS) is 11.8. The summed E-state index contributed by atoms with van der Waals surface area (Å²) in [6, 6.07) is 8.36. The van der Waals surface area contributed by atoms with Crippen LogP contribution < -0.4 is 4.52 Å². The molecule has 0 aliphatic rings. The summed E-state index contributed by atoms with van der Waals surface area (Å²) >= 11 is 0. The van der Waals surface area contributed by atoms with Gasteiger partial charge in [-0.3, -0.25) is 0 Å². The van der Waals surface area contributed by atoms with E-state index in [4.69, 9.17) is 25.9 Å². The first-order chi connectivity index (χ1) is 6.02. The summed E-state index contributed by atoms with van der Waals surface area (Å²) in [7, 11) is 9.09. The minimum atomic E-state index is -3.68. The highest BCUT2D eigenvalue weighted by Gasteiger charge is 2.16. The average molecular weight is 261 g/mol. The topological polar surface area (TPSA) is 49.7 Å². The lowest BCUT2D eigenvalue weighted by molar-refractivity contribution is 0.370. The highest BCUT2D eigenvalue weighted by molar-refractivity contribution is 8.53. The van der Waals surface area contributed by atoms with Crippen LogP contribution in [0.1, 0.15) is 0 Å². The second-order valence-electron chi connectivity index (χ2n) is 2.09. The minimum Gasteiger partial charge on any atom is -0.427 e. The van der Waals surface area contributed by atoms with E-state index in [2.05, 4.69) is 0 Å². The molecule has 13 heavy (non-hydrogen) atoms. The summed E-state index contributed by atoms with van der Waals surface area (Å²) in [5.41, 5.74) is 0. The molecule has 0 fully saturated rings. The van der Waals surface area contributed by atoms with Gasteiger partial charge in [-0.05, 0) is 33.5 Å². The fraction of sp³-hybridized carbons (Fsp3) is 0. The van der Waals surface area contributed by atoms with Crippen LogP contribution in [-0.2, 0) is 8.50 Å². The van der Waals surface area contributed by atoms with E-state index in [9.17, 15) is 9.79 Å². The fourth-order valence-electron chi connectivity index (χ4n) is 0.647. The molecule has 7 heteroatoms. The van der Waals surface area contributed by atoms with Gasteiger partial charge in [0.05, 0.1) is 8.50 Å². The van der Waals surface area contributed by atoms with Crippen LogP contribution in [0.3, 0.4) is 0 Å². The first kappa shape index (κ1) is 11.4. The molecule has 0 heterocycles. The molecule has 1 aromatic rings. The zero-order valence-corrected chi connectivity index (χ0v) is 9.52. The van der Waals surface area contributed by atoms with Gasteiger partial charge in [0, 0.05) is 0 Å². The molecule has 0 spiro atoms. The molecule has 0 unspecified atom stereocenters. The number of hydrogen-bond donors (Lipinski definition) is 2. The fourth-order valence-corrected chi connectivity index (χ4v) is 2.03. The van der Waals surface area contributed by atoms with Crippen LogP contribution in [0, 0.1) is 0 Å². The average Bonchev–Trinajstić information content (AvgIpc) is 2.05. The summed E-state index contributed by atoms with van der Waals surface area (Å²) in [6.07, 6.45) is 0. The largest absolute Gasteiger partial charge is 0.427 e. The van der Waals surface area contributed by atoms with Crippen LogP contribution in [0.15, 0.2) is 30.3 Å². The molecule has 1 rings (SSSR count). The van der Waals surface area contributed by atoms with E-state index in [1.807, 2.05) is 0 Å². The molecule has 1 aromatic carbocycles. The van der Waals surface area contributed by atoms with Gasteiger partial charge in [0.1, 0.15) is 5.75 Å². The predicted octanol–water partition coefficient (Wildman–Crippen LogP) is 2.65. The summed E-state index contributed by atoms with van der Waals surface area (Å²) in [5, 5.41) is 0. The Morgan fingerprint density at radius 1 is 1.15 bits per heavy atom. The van der Waals surface area contributed by atoms with E-state index in [0.717, 1.165) is 0 Å². The van der Waals surface area contributed by atoms with Gasteiger partial charge < -0.3 is 14.3 Å². The van der Waals surface area contributed by atoms with Crippen molar-refractivity contribution in [1.82, 2.24) is 0 Å². The maximum absolute atomic E-state index is 9.24. The summed E-state index contributed by atoms with van der Waals surface area (Å²) < 4.78 is 4.83. The van der Waals surface area contributed by atoms with Crippen LogP contribution in [0.4, 0.5) is 0 Å². The van der Waals surface area contributed by atoms with Crippen molar-refractivity contribution in [2.45, 2.75) is 0 Å². The van der Waals surface area contributed by atoms with Crippen molar-refractivity contribution in [3.8, 4) is 5.75 Å². The molecular formula is C6H7Cl2O3PS. The molecular weight excluding hydrogens is 254 g/mol. The van der Waals surface area contributed by atoms with Crippen LogP contribution in [0.25, 0.3) is 0 Å². The third-order valence-electron chi connectivity index (χ3n) is 1.15. The van der Waals surface area contributed by atoms with Crippen LogP contribution in [0.5, 0.6) is 5.75 Å². The Labute approximate surface area is 87.1 Å². The third-order valence-corrected chi connectivity index (χ3v) is 6.49. The molecule has 0 aromatic heterocycles. The molecule has 3 nitrogen and oxygen atoms in total. The van der Waals surface area contributed by atoms with E-state index in [0.29, 0.717) is 5.75 Å². The van der Waals surface area contributed by atoms with Crippen molar-refractivity contribution < 1.29 is 14.3 Å². The van der Waals surface area contributed by atoms with Crippen molar-refractivity contribution in [3.05, 3.63) is 30.3 Å². The number of rotatable bonds is 2. The summed E-state index contributed by atoms with van der Waals surface area (Å²) in [5.74, 6) is 0.333. The Bertz CT molecular complexity index is 333. The zero-order valence-electron chi connectivity index (χ0n) is 6.30. The van der Waals surface area contributed by atoms with Gasteiger partial charge >= 0.3 is 6.72 Å². The van der Waals surface area contributed by atoms with Gasteiger partial charge in [-0.1, -0.05) is 18.2 Å². The Morgan fingerprint density at radius 3 is 2.15 bits per heavy atom. The van der Waals surface area contributed by atoms with Gasteiger partial charge in [-0.2, -0.15) is 0 Å². The van der Waals surface area contributed by atoms with Crippen molar-refractivity contribution >= 4 is 36.6 Å². The van der Waals surface area contributed by atoms with E-state index in [1.54, 1.807) is 30.3 Å². The molecule has 0 saturated heterocycles. The molecule has 0 radical (unpaired) electrons. The van der Waals surface area contributed by atoms with Gasteiger partial charge in [0.25, 0.3) is 0 Å². The highest BCUT2D eigenvalue weighted by atomic mass is 36.0. The molecule has 0 saturated carbocycles. The SMILES string of the molecule is OP(O)(Oc1ccccc1)=S(Cl)Cl. The Kier molecular flexibility index (Phi) is 4.10. The minimum absolute atomic E-state index is 0.333. The van der Waals surface area contributed by atoms with Crippen molar-refractivity contribution in [1.29, 1.82) is 0 Å². The maximum Gasteiger partial charge on any atom is 0.361 e. The van der Waals surface area contributed by atoms with Crippen molar-refractivity contribution in [3.63, 3.8) is 0 Å². The number of benzene rings is 1. The lowest BCUT2D eigenvalue weighted by Crippen LogP contribution is -1.92. The molecule has 0 aliphatic carbocycles. The van der Waals surface area contributed by atoms with E-state index in [-0.39, 0.29) is 0 Å². The zero-order chi connectivity index (χ0) is 9.90. The Morgan fingerprint density at radius 2 is 1.69 bits per heavy atom. The molecule has 0 bridgehead atoms. The molecule has 0 amide bonds. The van der Waals surface area contributed by atoms with Gasteiger partial charge in [-0.25, -0.2) is 0 Å². The van der Waals surface area contributed by atoms with Crippen molar-refractivity contribution in [2.24, 2.45) is 0 Å². The monoisotopic (exact) mass is 260 g/mol. The maximum atomic E-state index is 9.24. The lowest BCUT2D eigenvalue weighted by atomic mass is 10.3. The number of hydrogen-bond acceptors (Lipinski definition) is 1. The van der Waals surface area contributed by atoms with E-state index >= 15 is 0 Å². The predicted molar refractivity (Wildman–Crippen MR) is 57.5 cm³/mol. The van der Waals surface area contributed by atoms with Crippen LogP contribution in [0.2, 0.25) is 0 Å². The third kappa shape index (κ3) is 3.50. The second-order valence-corrected chi connectivity index (χ2v) is 9.79. The quantitative estimate of drug-likeness (QED) is 0.804. The molecule has 0 aliphatic heterocycles. The summed E-state index contributed by atoms with van der Waals surface area (Å²) in [4.78, 5) is 18.5. The smallest absolute Gasteiger partial charge is 0.361 e. The van der Waals surface area contributed by atoms with Crippen LogP contribution >= 0.6 is 28.1 Å². The second kappa shape index (κ2) is 4.69. The molecule has 74 valence electrons. The first-order valence-corrected chi connectivity index (χ1v) is 8.28. The molecule has 0 atom stereocenters. The standard InChI is InChI=1S/C6H7Cl2O3PS/c7-13(8)12(9,10)11-6-4-2-1-3-5-6/h1-5,9-10H. The lowest BCUT2D eigenvalue weighted by Gasteiger charge is -2.13. The van der Waals surface area contributed by atoms with Gasteiger partial charge in [-0.15, -0.1) is 0 Å². The Balaban J connectivity index is 2.88. The number of para-hydroxylation sites is 1. The van der Waals surface area contributed by atoms with E-state index < -0.39 is 15.2 Å².